The number of benzene rings is 2. The van der Waals surface area contributed by atoms with Crippen LogP contribution in [0.3, 0.4) is 0 Å². The molecule has 2 aromatic rings. The van der Waals surface area contributed by atoms with E-state index < -0.39 is 8.24 Å². The van der Waals surface area contributed by atoms with Crippen LogP contribution in [0.1, 0.15) is 20.7 Å². The Morgan fingerprint density at radius 3 is 1.33 bits per heavy atom. The molecule has 0 radical (unpaired) electrons. The maximum Gasteiger partial charge on any atom is 0.252 e. The quantitative estimate of drug-likeness (QED) is 0.638. The summed E-state index contributed by atoms with van der Waals surface area (Å²) in [6.45, 7) is 5.98. The molecule has 108 valence electrons. The minimum absolute atomic E-state index is 0.219. The molecule has 0 spiro atoms. The molecule has 0 aliphatic carbocycles. The van der Waals surface area contributed by atoms with E-state index in [2.05, 4.69) is 0 Å². The van der Waals surface area contributed by atoms with E-state index in [4.69, 9.17) is 0 Å². The maximum absolute atomic E-state index is 12.7. The molecular weight excluding hydrogens is 278 g/mol. The normalized spacial score (nSPS) is 11.0. The highest BCUT2D eigenvalue weighted by Crippen LogP contribution is 2.18. The highest BCUT2D eigenvalue weighted by Gasteiger charge is 2.35. The van der Waals surface area contributed by atoms with Crippen molar-refractivity contribution in [3.8, 4) is 0 Å². The van der Waals surface area contributed by atoms with E-state index >= 15 is 0 Å². The van der Waals surface area contributed by atoms with Crippen LogP contribution in [-0.2, 0) is 0 Å². The molecule has 2 rings (SSSR count). The number of hydrogen-bond acceptors (Lipinski definition) is 2. The van der Waals surface area contributed by atoms with Gasteiger partial charge in [0.25, 0.3) is 11.8 Å². The molecular formula is C17H19NO2Si. The van der Waals surface area contributed by atoms with Gasteiger partial charge >= 0.3 is 0 Å². The molecule has 2 aromatic carbocycles. The number of rotatable bonds is 3. The standard InChI is InChI=1S/C17H19NO2Si/c1-21(2,3)18(16(19)14-10-6-4-7-11-14)17(20)15-12-8-5-9-13-15/h4-13H,1-3H3. The molecule has 0 heterocycles. The third-order valence-electron chi connectivity index (χ3n) is 3.12. The van der Waals surface area contributed by atoms with Gasteiger partial charge in [-0.25, -0.2) is 0 Å². The molecule has 0 saturated heterocycles. The number of amides is 2. The van der Waals surface area contributed by atoms with Crippen molar-refractivity contribution < 1.29 is 9.59 Å². The van der Waals surface area contributed by atoms with Gasteiger partial charge < -0.3 is 4.57 Å². The zero-order chi connectivity index (χ0) is 15.5. The molecule has 0 aliphatic heterocycles. The SMILES string of the molecule is C[Si](C)(C)N(C(=O)c1ccccc1)C(=O)c1ccccc1. The van der Waals surface area contributed by atoms with Gasteiger partial charge in [-0.05, 0) is 24.3 Å². The summed E-state index contributed by atoms with van der Waals surface area (Å²) in [5, 5.41) is 0. The van der Waals surface area contributed by atoms with E-state index in [-0.39, 0.29) is 11.8 Å². The lowest BCUT2D eigenvalue weighted by Crippen LogP contribution is -2.53. The van der Waals surface area contributed by atoms with Crippen molar-refractivity contribution in [2.45, 2.75) is 19.6 Å². The molecule has 0 aliphatic rings. The van der Waals surface area contributed by atoms with Crippen LogP contribution >= 0.6 is 0 Å². The van der Waals surface area contributed by atoms with Crippen molar-refractivity contribution in [1.82, 2.24) is 4.57 Å². The van der Waals surface area contributed by atoms with E-state index in [0.29, 0.717) is 11.1 Å². The van der Waals surface area contributed by atoms with Crippen molar-refractivity contribution in [2.24, 2.45) is 0 Å². The smallest absolute Gasteiger partial charge is 0.252 e. The molecule has 0 unspecified atom stereocenters. The summed E-state index contributed by atoms with van der Waals surface area (Å²) in [4.78, 5) is 25.5. The zero-order valence-corrected chi connectivity index (χ0v) is 13.5. The topological polar surface area (TPSA) is 37.4 Å². The van der Waals surface area contributed by atoms with Gasteiger partial charge in [-0.3, -0.25) is 9.59 Å². The first-order chi connectivity index (χ1) is 9.91. The highest BCUT2D eigenvalue weighted by molar-refractivity contribution is 6.78. The van der Waals surface area contributed by atoms with Crippen LogP contribution in [-0.4, -0.2) is 24.6 Å². The average molecular weight is 297 g/mol. The molecule has 0 fully saturated rings. The monoisotopic (exact) mass is 297 g/mol. The average Bonchev–Trinajstić information content (AvgIpc) is 2.47. The number of carbonyl (C=O) groups is 2. The predicted molar refractivity (Wildman–Crippen MR) is 86.7 cm³/mol. The molecule has 2 amide bonds. The Morgan fingerprint density at radius 1 is 0.714 bits per heavy atom. The summed E-state index contributed by atoms with van der Waals surface area (Å²) in [7, 11) is -2.14. The van der Waals surface area contributed by atoms with Crippen LogP contribution in [0, 0.1) is 0 Å². The molecule has 0 N–H and O–H groups in total. The van der Waals surface area contributed by atoms with E-state index in [0.717, 1.165) is 0 Å². The molecule has 4 heteroatoms. The zero-order valence-electron chi connectivity index (χ0n) is 12.5. The lowest BCUT2D eigenvalue weighted by atomic mass is 10.2. The minimum atomic E-state index is -2.14. The third-order valence-corrected chi connectivity index (χ3v) is 4.87. The fourth-order valence-electron chi connectivity index (χ4n) is 2.12. The van der Waals surface area contributed by atoms with Crippen LogP contribution < -0.4 is 0 Å². The van der Waals surface area contributed by atoms with Crippen molar-refractivity contribution >= 4 is 20.0 Å². The van der Waals surface area contributed by atoms with E-state index in [1.54, 1.807) is 24.3 Å². The Morgan fingerprint density at radius 2 is 1.05 bits per heavy atom. The van der Waals surface area contributed by atoms with Gasteiger partial charge in [0.2, 0.25) is 0 Å². The fraction of sp³-hybridized carbons (Fsp3) is 0.176. The van der Waals surface area contributed by atoms with E-state index in [9.17, 15) is 9.59 Å². The van der Waals surface area contributed by atoms with Crippen LogP contribution in [0.5, 0.6) is 0 Å². The van der Waals surface area contributed by atoms with Gasteiger partial charge in [0, 0.05) is 11.1 Å². The van der Waals surface area contributed by atoms with Crippen LogP contribution in [0.4, 0.5) is 0 Å². The van der Waals surface area contributed by atoms with Crippen LogP contribution in [0.25, 0.3) is 0 Å². The largest absolute Gasteiger partial charge is 0.304 e. The molecule has 0 aromatic heterocycles. The second-order valence-electron chi connectivity index (χ2n) is 5.85. The lowest BCUT2D eigenvalue weighted by molar-refractivity contribution is 0.0718. The van der Waals surface area contributed by atoms with Gasteiger partial charge in [-0.2, -0.15) is 0 Å². The molecule has 0 atom stereocenters. The number of carbonyl (C=O) groups excluding carboxylic acids is 2. The first-order valence-corrected chi connectivity index (χ1v) is 10.3. The van der Waals surface area contributed by atoms with E-state index in [1.807, 2.05) is 56.0 Å². The van der Waals surface area contributed by atoms with Crippen LogP contribution in [0.2, 0.25) is 19.6 Å². The van der Waals surface area contributed by atoms with Gasteiger partial charge in [0.05, 0.1) is 0 Å². The van der Waals surface area contributed by atoms with Crippen LogP contribution in [0.15, 0.2) is 60.7 Å². The third kappa shape index (κ3) is 3.47. The highest BCUT2D eigenvalue weighted by atomic mass is 28.3. The number of hydrogen-bond donors (Lipinski definition) is 0. The summed E-state index contributed by atoms with van der Waals surface area (Å²) in [6.07, 6.45) is 0. The Labute approximate surface area is 126 Å². The van der Waals surface area contributed by atoms with Gasteiger partial charge in [-0.15, -0.1) is 0 Å². The number of nitrogens with zero attached hydrogens (tertiary/aromatic N) is 1. The molecule has 0 saturated carbocycles. The maximum atomic E-state index is 12.7. The molecule has 0 bridgehead atoms. The molecule has 21 heavy (non-hydrogen) atoms. The van der Waals surface area contributed by atoms with E-state index in [1.165, 1.54) is 4.57 Å². The Bertz CT molecular complexity index is 581. The Balaban J connectivity index is 2.41. The second kappa shape index (κ2) is 6.05. The first-order valence-electron chi connectivity index (χ1n) is 6.90. The van der Waals surface area contributed by atoms with Gasteiger partial charge in [0.15, 0.2) is 8.24 Å². The second-order valence-corrected chi connectivity index (χ2v) is 10.6. The minimum Gasteiger partial charge on any atom is -0.304 e. The summed E-state index contributed by atoms with van der Waals surface area (Å²) >= 11 is 0. The number of imide groups is 1. The van der Waals surface area contributed by atoms with Crippen molar-refractivity contribution in [1.29, 1.82) is 0 Å². The van der Waals surface area contributed by atoms with Crippen molar-refractivity contribution in [2.75, 3.05) is 0 Å². The lowest BCUT2D eigenvalue weighted by Gasteiger charge is -2.32. The first kappa shape index (κ1) is 15.2. The Kier molecular flexibility index (Phi) is 4.38. The van der Waals surface area contributed by atoms with Gasteiger partial charge in [0.1, 0.15) is 0 Å². The summed E-state index contributed by atoms with van der Waals surface area (Å²) in [5.41, 5.74) is 1.09. The predicted octanol–water partition coefficient (Wildman–Crippen LogP) is 3.80. The Hall–Kier alpha value is -2.20. The molecule has 3 nitrogen and oxygen atoms in total. The van der Waals surface area contributed by atoms with Gasteiger partial charge in [-0.1, -0.05) is 56.0 Å². The van der Waals surface area contributed by atoms with Crippen molar-refractivity contribution in [3.63, 3.8) is 0 Å². The summed E-state index contributed by atoms with van der Waals surface area (Å²) < 4.78 is 1.46. The van der Waals surface area contributed by atoms with Crippen molar-refractivity contribution in [3.05, 3.63) is 71.8 Å². The summed E-state index contributed by atoms with van der Waals surface area (Å²) in [5.74, 6) is -0.438. The fourth-order valence-corrected chi connectivity index (χ4v) is 3.60. The summed E-state index contributed by atoms with van der Waals surface area (Å²) in [6, 6.07) is 17.9.